The second kappa shape index (κ2) is 6.74. The third kappa shape index (κ3) is 4.65. The molecule has 1 fully saturated rings. The first-order valence-electron chi connectivity index (χ1n) is 6.94. The molecule has 18 heavy (non-hydrogen) atoms. The molecule has 0 amide bonds. The number of benzene rings is 1. The van der Waals surface area contributed by atoms with E-state index < -0.39 is 0 Å². The predicted octanol–water partition coefficient (Wildman–Crippen LogP) is 3.87. The summed E-state index contributed by atoms with van der Waals surface area (Å²) >= 11 is 5.25. The molecule has 1 saturated carbocycles. The summed E-state index contributed by atoms with van der Waals surface area (Å²) in [6.07, 6.45) is 7.55. The van der Waals surface area contributed by atoms with Gasteiger partial charge in [0, 0.05) is 11.7 Å². The summed E-state index contributed by atoms with van der Waals surface area (Å²) in [7, 11) is 0. The standard InChI is InChI=1S/C15H22N2S/c1-2-3-4-5-12-6-8-13(9-7-12)16-15(18)17-14-10-11-14/h6-9,14H,2-5,10-11H2,1H3,(H2,16,17,18). The second-order valence-electron chi connectivity index (χ2n) is 5.03. The highest BCUT2D eigenvalue weighted by Gasteiger charge is 2.21. The Labute approximate surface area is 115 Å². The first kappa shape index (κ1) is 13.3. The SMILES string of the molecule is CCCCCc1ccc(NC(=S)NC2CC2)cc1. The van der Waals surface area contributed by atoms with E-state index >= 15 is 0 Å². The molecule has 3 heteroatoms. The van der Waals surface area contributed by atoms with E-state index in [9.17, 15) is 0 Å². The zero-order valence-corrected chi connectivity index (χ0v) is 11.9. The highest BCUT2D eigenvalue weighted by atomic mass is 32.1. The van der Waals surface area contributed by atoms with Gasteiger partial charge in [0.25, 0.3) is 0 Å². The van der Waals surface area contributed by atoms with Gasteiger partial charge in [-0.1, -0.05) is 31.9 Å². The monoisotopic (exact) mass is 262 g/mol. The Hall–Kier alpha value is -1.09. The molecule has 1 aromatic rings. The van der Waals surface area contributed by atoms with Crippen molar-refractivity contribution < 1.29 is 0 Å². The van der Waals surface area contributed by atoms with Gasteiger partial charge in [0.15, 0.2) is 5.11 Å². The largest absolute Gasteiger partial charge is 0.360 e. The van der Waals surface area contributed by atoms with Crippen molar-refractivity contribution in [3.05, 3.63) is 29.8 Å². The molecule has 2 rings (SSSR count). The third-order valence-electron chi connectivity index (χ3n) is 3.19. The molecule has 0 bridgehead atoms. The highest BCUT2D eigenvalue weighted by Crippen LogP contribution is 2.19. The van der Waals surface area contributed by atoms with Crippen molar-refractivity contribution in [1.29, 1.82) is 0 Å². The van der Waals surface area contributed by atoms with E-state index in [4.69, 9.17) is 12.2 Å². The van der Waals surface area contributed by atoms with Crippen LogP contribution in [0.25, 0.3) is 0 Å². The molecule has 98 valence electrons. The second-order valence-corrected chi connectivity index (χ2v) is 5.44. The third-order valence-corrected chi connectivity index (χ3v) is 3.41. The van der Waals surface area contributed by atoms with E-state index in [2.05, 4.69) is 41.8 Å². The van der Waals surface area contributed by atoms with Crippen LogP contribution in [0.15, 0.2) is 24.3 Å². The molecule has 0 atom stereocenters. The number of aryl methyl sites for hydroxylation is 1. The number of rotatable bonds is 6. The molecule has 0 radical (unpaired) electrons. The van der Waals surface area contributed by atoms with Gasteiger partial charge in [-0.05, 0) is 55.6 Å². The summed E-state index contributed by atoms with van der Waals surface area (Å²) in [5.74, 6) is 0. The van der Waals surface area contributed by atoms with Gasteiger partial charge in [-0.15, -0.1) is 0 Å². The maximum absolute atomic E-state index is 5.25. The predicted molar refractivity (Wildman–Crippen MR) is 82.0 cm³/mol. The lowest BCUT2D eigenvalue weighted by Gasteiger charge is -2.10. The van der Waals surface area contributed by atoms with Gasteiger partial charge in [0.05, 0.1) is 0 Å². The number of nitrogens with one attached hydrogen (secondary N) is 2. The Morgan fingerprint density at radius 3 is 2.56 bits per heavy atom. The summed E-state index contributed by atoms with van der Waals surface area (Å²) in [6, 6.07) is 9.22. The molecule has 2 nitrogen and oxygen atoms in total. The van der Waals surface area contributed by atoms with E-state index in [-0.39, 0.29) is 0 Å². The Morgan fingerprint density at radius 2 is 1.94 bits per heavy atom. The van der Waals surface area contributed by atoms with Crippen LogP contribution in [0.2, 0.25) is 0 Å². The smallest absolute Gasteiger partial charge is 0.170 e. The fraction of sp³-hybridized carbons (Fsp3) is 0.533. The van der Waals surface area contributed by atoms with Crippen LogP contribution in [0.1, 0.15) is 44.6 Å². The summed E-state index contributed by atoms with van der Waals surface area (Å²) in [5, 5.41) is 7.25. The maximum Gasteiger partial charge on any atom is 0.170 e. The molecular formula is C15H22N2S. The number of anilines is 1. The molecule has 0 aliphatic heterocycles. The summed E-state index contributed by atoms with van der Waals surface area (Å²) in [5.41, 5.74) is 2.49. The van der Waals surface area contributed by atoms with Crippen molar-refractivity contribution in [1.82, 2.24) is 5.32 Å². The molecule has 0 heterocycles. The van der Waals surface area contributed by atoms with Gasteiger partial charge in [0.1, 0.15) is 0 Å². The number of hydrogen-bond acceptors (Lipinski definition) is 1. The number of thiocarbonyl (C=S) groups is 1. The van der Waals surface area contributed by atoms with Gasteiger partial charge in [0.2, 0.25) is 0 Å². The first-order valence-corrected chi connectivity index (χ1v) is 7.35. The molecule has 1 aromatic carbocycles. The summed E-state index contributed by atoms with van der Waals surface area (Å²) in [4.78, 5) is 0. The molecule has 0 unspecified atom stereocenters. The van der Waals surface area contributed by atoms with Crippen LogP contribution >= 0.6 is 12.2 Å². The Balaban J connectivity index is 1.77. The van der Waals surface area contributed by atoms with Crippen molar-refractivity contribution in [3.8, 4) is 0 Å². The van der Waals surface area contributed by atoms with E-state index in [0.717, 1.165) is 10.8 Å². The van der Waals surface area contributed by atoms with Crippen LogP contribution < -0.4 is 10.6 Å². The molecule has 1 aliphatic rings. The number of unbranched alkanes of at least 4 members (excludes halogenated alkanes) is 2. The molecule has 0 saturated heterocycles. The lowest BCUT2D eigenvalue weighted by Crippen LogP contribution is -2.30. The van der Waals surface area contributed by atoms with Gasteiger partial charge in [-0.25, -0.2) is 0 Å². The van der Waals surface area contributed by atoms with Crippen molar-refractivity contribution in [2.45, 2.75) is 51.5 Å². The van der Waals surface area contributed by atoms with Gasteiger partial charge in [-0.3, -0.25) is 0 Å². The van der Waals surface area contributed by atoms with Crippen LogP contribution in [0.3, 0.4) is 0 Å². The Bertz CT molecular complexity index is 382. The van der Waals surface area contributed by atoms with Crippen LogP contribution in [0.4, 0.5) is 5.69 Å². The zero-order valence-electron chi connectivity index (χ0n) is 11.0. The normalized spacial score (nSPS) is 14.3. The Kier molecular flexibility index (Phi) is 5.00. The molecule has 0 spiro atoms. The van der Waals surface area contributed by atoms with E-state index in [1.165, 1.54) is 44.1 Å². The van der Waals surface area contributed by atoms with Gasteiger partial charge < -0.3 is 10.6 Å². The fourth-order valence-electron chi connectivity index (χ4n) is 1.91. The minimum absolute atomic E-state index is 0.610. The van der Waals surface area contributed by atoms with Crippen molar-refractivity contribution >= 4 is 23.0 Å². The fourth-order valence-corrected chi connectivity index (χ4v) is 2.20. The van der Waals surface area contributed by atoms with E-state index in [1.807, 2.05) is 0 Å². The van der Waals surface area contributed by atoms with Crippen LogP contribution in [-0.2, 0) is 6.42 Å². The molecule has 0 aromatic heterocycles. The highest BCUT2D eigenvalue weighted by molar-refractivity contribution is 7.80. The van der Waals surface area contributed by atoms with Crippen LogP contribution in [0, 0.1) is 0 Å². The lowest BCUT2D eigenvalue weighted by molar-refractivity contribution is 0.717. The van der Waals surface area contributed by atoms with Crippen molar-refractivity contribution in [2.75, 3.05) is 5.32 Å². The van der Waals surface area contributed by atoms with Crippen molar-refractivity contribution in [3.63, 3.8) is 0 Å². The van der Waals surface area contributed by atoms with Crippen LogP contribution in [-0.4, -0.2) is 11.2 Å². The van der Waals surface area contributed by atoms with Gasteiger partial charge >= 0.3 is 0 Å². The first-order chi connectivity index (χ1) is 8.78. The minimum atomic E-state index is 0.610. The molecule has 2 N–H and O–H groups in total. The summed E-state index contributed by atoms with van der Waals surface area (Å²) in [6.45, 7) is 2.24. The van der Waals surface area contributed by atoms with E-state index in [0.29, 0.717) is 6.04 Å². The summed E-state index contributed by atoms with van der Waals surface area (Å²) < 4.78 is 0. The average molecular weight is 262 g/mol. The molecular weight excluding hydrogens is 240 g/mol. The van der Waals surface area contributed by atoms with Crippen LogP contribution in [0.5, 0.6) is 0 Å². The van der Waals surface area contributed by atoms with E-state index in [1.54, 1.807) is 0 Å². The quantitative estimate of drug-likeness (QED) is 0.601. The Morgan fingerprint density at radius 1 is 1.22 bits per heavy atom. The van der Waals surface area contributed by atoms with Crippen molar-refractivity contribution in [2.24, 2.45) is 0 Å². The lowest BCUT2D eigenvalue weighted by atomic mass is 10.1. The van der Waals surface area contributed by atoms with Gasteiger partial charge in [-0.2, -0.15) is 0 Å². The minimum Gasteiger partial charge on any atom is -0.360 e. The topological polar surface area (TPSA) is 24.1 Å². The number of hydrogen-bond donors (Lipinski definition) is 2. The average Bonchev–Trinajstić information content (AvgIpc) is 3.15. The molecule has 1 aliphatic carbocycles. The zero-order chi connectivity index (χ0) is 12.8. The maximum atomic E-state index is 5.25.